The molecule has 1 N–H and O–H groups in total. The van der Waals surface area contributed by atoms with Gasteiger partial charge in [0.15, 0.2) is 0 Å². The maximum Gasteiger partial charge on any atom is 0.0774 e. The molecule has 0 unspecified atom stereocenters. The van der Waals surface area contributed by atoms with E-state index in [1.807, 2.05) is 13.8 Å². The van der Waals surface area contributed by atoms with Gasteiger partial charge in [0.05, 0.1) is 5.60 Å². The topological polar surface area (TPSA) is 30.0 Å². The summed E-state index contributed by atoms with van der Waals surface area (Å²) >= 11 is 0. The number of likely N-dealkylation sites (N-methyl/N-ethyl adjacent to an activating group) is 1. The monoisotopic (exact) mass is 297 g/mol. The third-order valence-corrected chi connectivity index (χ3v) is 5.57. The molecule has 0 bridgehead atoms. The SMILES string of the molecule is CC.CN1CCN(CC2(O)CCC3(CC2)CN(C)C3)CC1. The predicted molar refractivity (Wildman–Crippen MR) is 88.6 cm³/mol. The molecule has 0 aromatic rings. The van der Waals surface area contributed by atoms with Gasteiger partial charge in [-0.25, -0.2) is 0 Å². The first-order valence-electron chi connectivity index (χ1n) is 8.81. The van der Waals surface area contributed by atoms with Crippen molar-refractivity contribution in [1.29, 1.82) is 0 Å². The van der Waals surface area contributed by atoms with Crippen molar-refractivity contribution in [1.82, 2.24) is 14.7 Å². The lowest BCUT2D eigenvalue weighted by Gasteiger charge is -2.54. The normalized spacial score (nSPS) is 29.6. The van der Waals surface area contributed by atoms with Crippen LogP contribution in [0.2, 0.25) is 0 Å². The Balaban J connectivity index is 0.000000774. The van der Waals surface area contributed by atoms with Gasteiger partial charge in [-0.1, -0.05) is 13.8 Å². The van der Waals surface area contributed by atoms with E-state index < -0.39 is 5.60 Å². The van der Waals surface area contributed by atoms with E-state index >= 15 is 0 Å². The number of nitrogens with zero attached hydrogens (tertiary/aromatic N) is 3. The minimum Gasteiger partial charge on any atom is -0.389 e. The van der Waals surface area contributed by atoms with Gasteiger partial charge in [-0.15, -0.1) is 0 Å². The molecule has 2 saturated heterocycles. The molecule has 21 heavy (non-hydrogen) atoms. The lowest BCUT2D eigenvalue weighted by atomic mass is 9.64. The minimum atomic E-state index is -0.407. The molecule has 0 amide bonds. The average Bonchev–Trinajstić information content (AvgIpc) is 2.45. The molecule has 1 spiro atoms. The van der Waals surface area contributed by atoms with Gasteiger partial charge in [0, 0.05) is 45.8 Å². The van der Waals surface area contributed by atoms with E-state index in [0.717, 1.165) is 45.6 Å². The van der Waals surface area contributed by atoms with E-state index in [1.165, 1.54) is 25.9 Å². The van der Waals surface area contributed by atoms with E-state index in [0.29, 0.717) is 5.41 Å². The number of hydrogen-bond donors (Lipinski definition) is 1. The summed E-state index contributed by atoms with van der Waals surface area (Å²) in [6, 6.07) is 0. The van der Waals surface area contributed by atoms with Gasteiger partial charge in [0.2, 0.25) is 0 Å². The number of likely N-dealkylation sites (tertiary alicyclic amines) is 1. The quantitative estimate of drug-likeness (QED) is 0.836. The fourth-order valence-electron chi connectivity index (χ4n) is 4.24. The molecule has 0 aromatic carbocycles. The van der Waals surface area contributed by atoms with Gasteiger partial charge in [-0.05, 0) is 45.2 Å². The Bertz CT molecular complexity index is 310. The van der Waals surface area contributed by atoms with Crippen LogP contribution < -0.4 is 0 Å². The van der Waals surface area contributed by atoms with Crippen LogP contribution in [0.4, 0.5) is 0 Å². The van der Waals surface area contributed by atoms with Crippen molar-refractivity contribution in [3.05, 3.63) is 0 Å². The third kappa shape index (κ3) is 4.19. The molecular weight excluding hydrogens is 262 g/mol. The number of rotatable bonds is 2. The zero-order chi connectivity index (χ0) is 15.5. The smallest absolute Gasteiger partial charge is 0.0774 e. The molecule has 3 rings (SSSR count). The van der Waals surface area contributed by atoms with E-state index in [4.69, 9.17) is 0 Å². The fourth-order valence-corrected chi connectivity index (χ4v) is 4.24. The van der Waals surface area contributed by atoms with Crippen LogP contribution in [0, 0.1) is 5.41 Å². The Kier molecular flexibility index (Phi) is 5.69. The van der Waals surface area contributed by atoms with Gasteiger partial charge in [-0.2, -0.15) is 0 Å². The summed E-state index contributed by atoms with van der Waals surface area (Å²) in [5.41, 5.74) is 0.151. The lowest BCUT2D eigenvalue weighted by molar-refractivity contribution is -0.0986. The van der Waals surface area contributed by atoms with Crippen LogP contribution in [0.15, 0.2) is 0 Å². The summed E-state index contributed by atoms with van der Waals surface area (Å²) in [5, 5.41) is 10.8. The fraction of sp³-hybridized carbons (Fsp3) is 1.00. The zero-order valence-corrected chi connectivity index (χ0v) is 14.6. The summed E-state index contributed by atoms with van der Waals surface area (Å²) in [4.78, 5) is 7.25. The Morgan fingerprint density at radius 1 is 0.810 bits per heavy atom. The summed E-state index contributed by atoms with van der Waals surface area (Å²) in [6.45, 7) is 11.9. The molecule has 4 nitrogen and oxygen atoms in total. The van der Waals surface area contributed by atoms with Crippen LogP contribution in [0.5, 0.6) is 0 Å². The Morgan fingerprint density at radius 3 is 1.81 bits per heavy atom. The maximum atomic E-state index is 10.8. The molecular formula is C17H35N3O. The molecule has 3 aliphatic rings. The highest BCUT2D eigenvalue weighted by molar-refractivity contribution is 5.01. The first kappa shape index (κ1) is 17.2. The van der Waals surface area contributed by atoms with Crippen molar-refractivity contribution in [3.63, 3.8) is 0 Å². The van der Waals surface area contributed by atoms with Crippen molar-refractivity contribution >= 4 is 0 Å². The Morgan fingerprint density at radius 2 is 1.33 bits per heavy atom. The first-order chi connectivity index (χ1) is 9.99. The highest BCUT2D eigenvalue weighted by Gasteiger charge is 2.47. The summed E-state index contributed by atoms with van der Waals surface area (Å²) in [6.07, 6.45) is 4.46. The van der Waals surface area contributed by atoms with Crippen molar-refractivity contribution < 1.29 is 5.11 Å². The molecule has 2 aliphatic heterocycles. The van der Waals surface area contributed by atoms with Crippen LogP contribution in [0.3, 0.4) is 0 Å². The molecule has 1 saturated carbocycles. The van der Waals surface area contributed by atoms with E-state index in [-0.39, 0.29) is 0 Å². The number of β-amino-alcohol motifs (C(OH)–C–C–N with tert-alkyl or cyclic N) is 1. The predicted octanol–water partition coefficient (Wildman–Crippen LogP) is 1.50. The second kappa shape index (κ2) is 6.95. The third-order valence-electron chi connectivity index (χ3n) is 5.57. The van der Waals surface area contributed by atoms with Crippen molar-refractivity contribution in [2.45, 2.75) is 45.1 Å². The Labute approximate surface area is 131 Å². The largest absolute Gasteiger partial charge is 0.389 e. The summed E-state index contributed by atoms with van der Waals surface area (Å²) in [7, 11) is 4.39. The molecule has 3 fully saturated rings. The van der Waals surface area contributed by atoms with E-state index in [9.17, 15) is 5.11 Å². The minimum absolute atomic E-state index is 0.407. The maximum absolute atomic E-state index is 10.8. The van der Waals surface area contributed by atoms with E-state index in [2.05, 4.69) is 28.8 Å². The van der Waals surface area contributed by atoms with Crippen LogP contribution in [-0.4, -0.2) is 85.3 Å². The second-order valence-corrected chi connectivity index (χ2v) is 7.48. The summed E-state index contributed by atoms with van der Waals surface area (Å²) in [5.74, 6) is 0. The van der Waals surface area contributed by atoms with Gasteiger partial charge < -0.3 is 14.9 Å². The molecule has 0 radical (unpaired) electrons. The number of hydrogen-bond acceptors (Lipinski definition) is 4. The Hall–Kier alpha value is -0.160. The molecule has 124 valence electrons. The van der Waals surface area contributed by atoms with Crippen LogP contribution in [0.1, 0.15) is 39.5 Å². The molecule has 0 aromatic heterocycles. The van der Waals surface area contributed by atoms with Gasteiger partial charge in [-0.3, -0.25) is 4.90 Å². The van der Waals surface area contributed by atoms with Crippen LogP contribution in [0.25, 0.3) is 0 Å². The molecule has 1 aliphatic carbocycles. The lowest BCUT2D eigenvalue weighted by Crippen LogP contribution is -2.59. The van der Waals surface area contributed by atoms with Gasteiger partial charge in [0.25, 0.3) is 0 Å². The average molecular weight is 297 g/mol. The standard InChI is InChI=1S/C15H29N3O.C2H6/c1-16-7-9-18(10-8-16)13-15(19)5-3-14(4-6-15)11-17(2)12-14;1-2/h19H,3-13H2,1-2H3;1-2H3. The zero-order valence-electron chi connectivity index (χ0n) is 14.6. The molecule has 4 heteroatoms. The van der Waals surface area contributed by atoms with E-state index in [1.54, 1.807) is 0 Å². The second-order valence-electron chi connectivity index (χ2n) is 7.48. The number of piperazine rings is 1. The van der Waals surface area contributed by atoms with Gasteiger partial charge >= 0.3 is 0 Å². The van der Waals surface area contributed by atoms with Crippen LogP contribution in [-0.2, 0) is 0 Å². The van der Waals surface area contributed by atoms with Crippen LogP contribution >= 0.6 is 0 Å². The highest BCUT2D eigenvalue weighted by atomic mass is 16.3. The van der Waals surface area contributed by atoms with Gasteiger partial charge in [0.1, 0.15) is 0 Å². The van der Waals surface area contributed by atoms with Crippen molar-refractivity contribution in [3.8, 4) is 0 Å². The van der Waals surface area contributed by atoms with Crippen molar-refractivity contribution in [2.75, 3.05) is 59.9 Å². The summed E-state index contributed by atoms with van der Waals surface area (Å²) < 4.78 is 0. The molecule has 2 heterocycles. The molecule has 0 atom stereocenters. The first-order valence-corrected chi connectivity index (χ1v) is 8.81. The highest BCUT2D eigenvalue weighted by Crippen LogP contribution is 2.46. The van der Waals surface area contributed by atoms with Crippen molar-refractivity contribution in [2.24, 2.45) is 5.41 Å². The number of aliphatic hydroxyl groups is 1.